The third-order valence-electron chi connectivity index (χ3n) is 3.84. The quantitative estimate of drug-likeness (QED) is 0.618. The minimum absolute atomic E-state index is 0.266. The number of carbonyl (C=O) groups is 1. The summed E-state index contributed by atoms with van der Waals surface area (Å²) in [6.07, 6.45) is 4.93. The Labute approximate surface area is 80.3 Å². The van der Waals surface area contributed by atoms with Crippen LogP contribution >= 0.6 is 0 Å². The molecule has 0 radical (unpaired) electrons. The van der Waals surface area contributed by atoms with Crippen LogP contribution in [0.5, 0.6) is 0 Å². The molecule has 0 N–H and O–H groups in total. The number of hydrogen-bond donors (Lipinski definition) is 0. The van der Waals surface area contributed by atoms with Crippen molar-refractivity contribution in [1.82, 2.24) is 4.90 Å². The predicted molar refractivity (Wildman–Crippen MR) is 52.5 cm³/mol. The van der Waals surface area contributed by atoms with Gasteiger partial charge in [0.1, 0.15) is 6.29 Å². The molecular formula is C11H19NO. The van der Waals surface area contributed by atoms with E-state index in [-0.39, 0.29) is 5.54 Å². The van der Waals surface area contributed by atoms with E-state index in [1.54, 1.807) is 0 Å². The second-order valence-electron chi connectivity index (χ2n) is 4.99. The van der Waals surface area contributed by atoms with Gasteiger partial charge < -0.3 is 4.79 Å². The summed E-state index contributed by atoms with van der Waals surface area (Å²) in [5.41, 5.74) is 0.266. The number of carbonyl (C=O) groups excluding carboxylic acids is 1. The van der Waals surface area contributed by atoms with E-state index in [1.165, 1.54) is 25.9 Å². The standard InChI is InChI=1S/C11H19NO/c1-11(2,10-7-9(10)8-13)12-5-3-4-6-12/h8-10H,3-7H2,1-2H3/t9-,10-/m0/s1. The number of likely N-dealkylation sites (tertiary alicyclic amines) is 1. The molecule has 2 aliphatic rings. The van der Waals surface area contributed by atoms with Gasteiger partial charge in [-0.1, -0.05) is 0 Å². The Morgan fingerprint density at radius 3 is 2.38 bits per heavy atom. The van der Waals surface area contributed by atoms with Crippen LogP contribution in [-0.2, 0) is 4.79 Å². The van der Waals surface area contributed by atoms with Crippen LogP contribution in [0.4, 0.5) is 0 Å². The van der Waals surface area contributed by atoms with Crippen molar-refractivity contribution in [3.63, 3.8) is 0 Å². The van der Waals surface area contributed by atoms with E-state index in [9.17, 15) is 4.79 Å². The van der Waals surface area contributed by atoms with Gasteiger partial charge in [0, 0.05) is 11.5 Å². The Kier molecular flexibility index (Phi) is 2.18. The molecule has 2 nitrogen and oxygen atoms in total. The molecule has 0 bridgehead atoms. The van der Waals surface area contributed by atoms with Gasteiger partial charge in [-0.3, -0.25) is 4.90 Å². The first-order chi connectivity index (χ1) is 6.16. The zero-order valence-corrected chi connectivity index (χ0v) is 8.62. The van der Waals surface area contributed by atoms with E-state index in [2.05, 4.69) is 18.7 Å². The largest absolute Gasteiger partial charge is 0.303 e. The number of rotatable bonds is 3. The fourth-order valence-corrected chi connectivity index (χ4v) is 2.71. The summed E-state index contributed by atoms with van der Waals surface area (Å²) in [6.45, 7) is 7.06. The highest BCUT2D eigenvalue weighted by atomic mass is 16.1. The zero-order valence-electron chi connectivity index (χ0n) is 8.62. The SMILES string of the molecule is CC(C)([C@H]1C[C@H]1C=O)N1CCCC1. The van der Waals surface area contributed by atoms with Gasteiger partial charge in [0.2, 0.25) is 0 Å². The van der Waals surface area contributed by atoms with Crippen LogP contribution in [0, 0.1) is 11.8 Å². The van der Waals surface area contributed by atoms with Crippen molar-refractivity contribution in [2.75, 3.05) is 13.1 Å². The fraction of sp³-hybridized carbons (Fsp3) is 0.909. The Hall–Kier alpha value is -0.370. The molecule has 13 heavy (non-hydrogen) atoms. The Morgan fingerprint density at radius 1 is 1.31 bits per heavy atom. The van der Waals surface area contributed by atoms with Crippen molar-refractivity contribution < 1.29 is 4.79 Å². The molecule has 1 saturated heterocycles. The lowest BCUT2D eigenvalue weighted by molar-refractivity contribution is -0.109. The number of aldehydes is 1. The van der Waals surface area contributed by atoms with E-state index in [0.29, 0.717) is 11.8 Å². The molecular weight excluding hydrogens is 162 g/mol. The molecule has 0 aromatic carbocycles. The smallest absolute Gasteiger partial charge is 0.123 e. The maximum absolute atomic E-state index is 10.6. The lowest BCUT2D eigenvalue weighted by atomic mass is 9.95. The summed E-state index contributed by atoms with van der Waals surface area (Å²) in [6, 6.07) is 0. The van der Waals surface area contributed by atoms with E-state index in [1.807, 2.05) is 0 Å². The normalized spacial score (nSPS) is 34.9. The van der Waals surface area contributed by atoms with E-state index >= 15 is 0 Å². The molecule has 1 aliphatic heterocycles. The van der Waals surface area contributed by atoms with Gasteiger partial charge in [-0.25, -0.2) is 0 Å². The van der Waals surface area contributed by atoms with Gasteiger partial charge in [-0.2, -0.15) is 0 Å². The van der Waals surface area contributed by atoms with Gasteiger partial charge in [-0.05, 0) is 52.1 Å². The molecule has 0 amide bonds. The Bertz CT molecular complexity index is 206. The first kappa shape index (κ1) is 9.20. The van der Waals surface area contributed by atoms with Crippen molar-refractivity contribution in [2.45, 2.75) is 38.6 Å². The zero-order chi connectivity index (χ0) is 9.47. The molecule has 0 unspecified atom stereocenters. The molecule has 0 aromatic rings. The molecule has 1 saturated carbocycles. The second-order valence-corrected chi connectivity index (χ2v) is 4.99. The molecule has 2 rings (SSSR count). The highest BCUT2D eigenvalue weighted by Crippen LogP contribution is 2.48. The third-order valence-corrected chi connectivity index (χ3v) is 3.84. The highest BCUT2D eigenvalue weighted by Gasteiger charge is 2.50. The van der Waals surface area contributed by atoms with Crippen LogP contribution in [0.2, 0.25) is 0 Å². The molecule has 1 aliphatic carbocycles. The summed E-state index contributed by atoms with van der Waals surface area (Å²) < 4.78 is 0. The van der Waals surface area contributed by atoms with E-state index < -0.39 is 0 Å². The number of nitrogens with zero attached hydrogens (tertiary/aromatic N) is 1. The van der Waals surface area contributed by atoms with Crippen LogP contribution in [0.15, 0.2) is 0 Å². The maximum atomic E-state index is 10.6. The molecule has 0 spiro atoms. The van der Waals surface area contributed by atoms with Gasteiger partial charge in [0.15, 0.2) is 0 Å². The minimum Gasteiger partial charge on any atom is -0.303 e. The van der Waals surface area contributed by atoms with Gasteiger partial charge in [0.25, 0.3) is 0 Å². The number of hydrogen-bond acceptors (Lipinski definition) is 2. The minimum atomic E-state index is 0.266. The lowest BCUT2D eigenvalue weighted by Crippen LogP contribution is -2.44. The van der Waals surface area contributed by atoms with Crippen molar-refractivity contribution in [2.24, 2.45) is 11.8 Å². The summed E-state index contributed by atoms with van der Waals surface area (Å²) in [5, 5.41) is 0. The van der Waals surface area contributed by atoms with Gasteiger partial charge in [-0.15, -0.1) is 0 Å². The Balaban J connectivity index is 1.98. The molecule has 2 fully saturated rings. The fourth-order valence-electron chi connectivity index (χ4n) is 2.71. The average Bonchev–Trinajstić information content (AvgIpc) is 2.70. The molecule has 74 valence electrons. The van der Waals surface area contributed by atoms with Gasteiger partial charge >= 0.3 is 0 Å². The van der Waals surface area contributed by atoms with Crippen molar-refractivity contribution in [3.05, 3.63) is 0 Å². The third kappa shape index (κ3) is 1.52. The predicted octanol–water partition coefficient (Wildman–Crippen LogP) is 1.70. The first-order valence-corrected chi connectivity index (χ1v) is 5.36. The summed E-state index contributed by atoms with van der Waals surface area (Å²) >= 11 is 0. The first-order valence-electron chi connectivity index (χ1n) is 5.36. The maximum Gasteiger partial charge on any atom is 0.123 e. The topological polar surface area (TPSA) is 20.3 Å². The van der Waals surface area contributed by atoms with Crippen LogP contribution in [-0.4, -0.2) is 29.8 Å². The van der Waals surface area contributed by atoms with Crippen molar-refractivity contribution >= 4 is 6.29 Å². The van der Waals surface area contributed by atoms with Crippen molar-refractivity contribution in [1.29, 1.82) is 0 Å². The Morgan fingerprint density at radius 2 is 1.92 bits per heavy atom. The molecule has 1 heterocycles. The van der Waals surface area contributed by atoms with Crippen LogP contribution in [0.3, 0.4) is 0 Å². The van der Waals surface area contributed by atoms with Gasteiger partial charge in [0.05, 0.1) is 0 Å². The van der Waals surface area contributed by atoms with E-state index in [0.717, 1.165) is 12.7 Å². The molecule has 0 aromatic heterocycles. The van der Waals surface area contributed by atoms with E-state index in [4.69, 9.17) is 0 Å². The van der Waals surface area contributed by atoms with Crippen LogP contribution in [0.1, 0.15) is 33.1 Å². The summed E-state index contributed by atoms with van der Waals surface area (Å²) in [4.78, 5) is 13.2. The highest BCUT2D eigenvalue weighted by molar-refractivity contribution is 5.58. The summed E-state index contributed by atoms with van der Waals surface area (Å²) in [5.74, 6) is 0.985. The molecule has 2 atom stereocenters. The molecule has 2 heteroatoms. The van der Waals surface area contributed by atoms with Crippen LogP contribution < -0.4 is 0 Å². The second kappa shape index (κ2) is 3.09. The average molecular weight is 181 g/mol. The van der Waals surface area contributed by atoms with Crippen molar-refractivity contribution in [3.8, 4) is 0 Å². The van der Waals surface area contributed by atoms with Crippen LogP contribution in [0.25, 0.3) is 0 Å². The monoisotopic (exact) mass is 181 g/mol. The lowest BCUT2D eigenvalue weighted by Gasteiger charge is -2.36. The summed E-state index contributed by atoms with van der Waals surface area (Å²) in [7, 11) is 0.